The lowest BCUT2D eigenvalue weighted by molar-refractivity contribution is -0.142. The number of hydrogen-bond acceptors (Lipinski definition) is 3. The number of carboxylic acids is 1. The molecule has 0 aromatic rings. The minimum atomic E-state index is -0.970. The van der Waals surface area contributed by atoms with Gasteiger partial charge in [0.2, 0.25) is 6.61 Å². The molecule has 0 heterocycles. The van der Waals surface area contributed by atoms with E-state index in [0.29, 0.717) is 5.41 Å². The van der Waals surface area contributed by atoms with Crippen molar-refractivity contribution >= 4 is 11.7 Å². The van der Waals surface area contributed by atoms with Gasteiger partial charge in [-0.15, -0.1) is 0 Å². The molecular formula is C29H47NO3. The van der Waals surface area contributed by atoms with Crippen LogP contribution >= 0.6 is 0 Å². The second-order valence-electron chi connectivity index (χ2n) is 12.8. The fourth-order valence-electron chi connectivity index (χ4n) is 8.84. The third kappa shape index (κ3) is 4.78. The molecule has 4 rings (SSSR count). The molecule has 4 aliphatic rings. The Labute approximate surface area is 201 Å². The molecule has 0 bridgehead atoms. The van der Waals surface area contributed by atoms with E-state index in [-0.39, 0.29) is 12.0 Å². The molecule has 0 saturated heterocycles. The Morgan fingerprint density at radius 1 is 1.09 bits per heavy atom. The lowest BCUT2D eigenvalue weighted by Gasteiger charge is -2.58. The highest BCUT2D eigenvalue weighted by atomic mass is 16.6. The van der Waals surface area contributed by atoms with E-state index in [1.54, 1.807) is 5.57 Å². The standard InChI is InChI=1S/C29H47NO3/c1-19(2)7-6-8-20(3)24-11-12-25-23-10-9-21-17-22(30-33-18-27(31)32)13-15-28(21,4)26(23)14-16-29(24,25)5/h17,19-20,23-26H,6-16,18H2,1-5H3,(H,31,32)/b30-22-/t20-,23+,24-,25+,26+,28+,29-/m1/s1. The first-order chi connectivity index (χ1) is 15.6. The van der Waals surface area contributed by atoms with Crippen molar-refractivity contribution < 1.29 is 14.7 Å². The topological polar surface area (TPSA) is 58.9 Å². The third-order valence-corrected chi connectivity index (χ3v) is 10.5. The molecule has 186 valence electrons. The van der Waals surface area contributed by atoms with Gasteiger partial charge < -0.3 is 9.94 Å². The maximum atomic E-state index is 10.7. The molecule has 7 atom stereocenters. The van der Waals surface area contributed by atoms with Crippen molar-refractivity contribution in [3.8, 4) is 0 Å². The quantitative estimate of drug-likeness (QED) is 0.384. The summed E-state index contributed by atoms with van der Waals surface area (Å²) >= 11 is 0. The van der Waals surface area contributed by atoms with E-state index in [9.17, 15) is 4.79 Å². The second kappa shape index (κ2) is 9.74. The van der Waals surface area contributed by atoms with Crippen LogP contribution in [0.3, 0.4) is 0 Å². The first kappa shape index (κ1) is 24.8. The maximum Gasteiger partial charge on any atom is 0.344 e. The van der Waals surface area contributed by atoms with Crippen molar-refractivity contribution in [2.24, 2.45) is 51.5 Å². The molecule has 3 saturated carbocycles. The number of carbonyl (C=O) groups is 1. The van der Waals surface area contributed by atoms with Crippen LogP contribution in [0.2, 0.25) is 0 Å². The van der Waals surface area contributed by atoms with Gasteiger partial charge in [0.05, 0.1) is 5.71 Å². The molecule has 4 nitrogen and oxygen atoms in total. The van der Waals surface area contributed by atoms with Gasteiger partial charge in [-0.3, -0.25) is 0 Å². The normalized spacial score (nSPS) is 40.1. The zero-order chi connectivity index (χ0) is 23.8. The predicted molar refractivity (Wildman–Crippen MR) is 134 cm³/mol. The molecule has 33 heavy (non-hydrogen) atoms. The molecule has 0 unspecified atom stereocenters. The average Bonchev–Trinajstić information content (AvgIpc) is 3.10. The van der Waals surface area contributed by atoms with Crippen LogP contribution in [0.25, 0.3) is 0 Å². The average molecular weight is 458 g/mol. The number of allylic oxidation sites excluding steroid dienone is 2. The summed E-state index contributed by atoms with van der Waals surface area (Å²) in [7, 11) is 0. The van der Waals surface area contributed by atoms with E-state index in [1.165, 1.54) is 57.8 Å². The van der Waals surface area contributed by atoms with Gasteiger partial charge in [-0.05, 0) is 104 Å². The van der Waals surface area contributed by atoms with Crippen molar-refractivity contribution in [2.75, 3.05) is 6.61 Å². The van der Waals surface area contributed by atoms with Crippen LogP contribution in [0.4, 0.5) is 0 Å². The van der Waals surface area contributed by atoms with Crippen molar-refractivity contribution in [3.05, 3.63) is 11.6 Å². The second-order valence-corrected chi connectivity index (χ2v) is 12.8. The number of fused-ring (bicyclic) bond motifs is 5. The number of nitrogens with zero attached hydrogens (tertiary/aromatic N) is 1. The van der Waals surface area contributed by atoms with Gasteiger partial charge in [-0.2, -0.15) is 0 Å². The lowest BCUT2D eigenvalue weighted by Crippen LogP contribution is -2.51. The van der Waals surface area contributed by atoms with Gasteiger partial charge in [-0.25, -0.2) is 4.79 Å². The van der Waals surface area contributed by atoms with E-state index in [2.05, 4.69) is 45.9 Å². The van der Waals surface area contributed by atoms with Crippen LogP contribution < -0.4 is 0 Å². The van der Waals surface area contributed by atoms with E-state index < -0.39 is 5.97 Å². The Morgan fingerprint density at radius 2 is 1.88 bits per heavy atom. The highest BCUT2D eigenvalue weighted by Gasteiger charge is 2.59. The van der Waals surface area contributed by atoms with Gasteiger partial charge in [0, 0.05) is 0 Å². The SMILES string of the molecule is CC(C)CCC[C@@H](C)[C@H]1CC[C@H]2[C@@H]3CCC4=C/C(=N\OCC(=O)O)CC[C@]4(C)[C@H]3CC[C@]12C. The molecule has 0 aromatic carbocycles. The Morgan fingerprint density at radius 3 is 2.61 bits per heavy atom. The van der Waals surface area contributed by atoms with E-state index >= 15 is 0 Å². The largest absolute Gasteiger partial charge is 0.479 e. The Kier molecular flexibility index (Phi) is 7.32. The lowest BCUT2D eigenvalue weighted by atomic mass is 9.46. The number of rotatable bonds is 8. The summed E-state index contributed by atoms with van der Waals surface area (Å²) < 4.78 is 0. The van der Waals surface area contributed by atoms with Gasteiger partial charge in [0.15, 0.2) is 0 Å². The van der Waals surface area contributed by atoms with Crippen molar-refractivity contribution in [1.82, 2.24) is 0 Å². The molecule has 0 spiro atoms. The van der Waals surface area contributed by atoms with Crippen LogP contribution in [0.5, 0.6) is 0 Å². The summed E-state index contributed by atoms with van der Waals surface area (Å²) in [5, 5.41) is 12.9. The molecular weight excluding hydrogens is 410 g/mol. The van der Waals surface area contributed by atoms with Gasteiger partial charge >= 0.3 is 5.97 Å². The predicted octanol–water partition coefficient (Wildman–Crippen LogP) is 7.49. The van der Waals surface area contributed by atoms with E-state index in [4.69, 9.17) is 9.94 Å². The fraction of sp³-hybridized carbons (Fsp3) is 0.862. The van der Waals surface area contributed by atoms with Crippen molar-refractivity contribution in [2.45, 2.75) is 105 Å². The minimum absolute atomic E-state index is 0.289. The van der Waals surface area contributed by atoms with Crippen LogP contribution in [-0.4, -0.2) is 23.4 Å². The summed E-state index contributed by atoms with van der Waals surface area (Å²) in [6.07, 6.45) is 16.7. The zero-order valence-corrected chi connectivity index (χ0v) is 21.7. The van der Waals surface area contributed by atoms with Crippen LogP contribution in [-0.2, 0) is 9.63 Å². The molecule has 4 aliphatic carbocycles. The summed E-state index contributed by atoms with van der Waals surface area (Å²) in [5.74, 6) is 4.21. The summed E-state index contributed by atoms with van der Waals surface area (Å²) in [6.45, 7) is 12.1. The summed E-state index contributed by atoms with van der Waals surface area (Å²) in [4.78, 5) is 15.8. The van der Waals surface area contributed by atoms with E-state index in [1.807, 2.05) is 0 Å². The zero-order valence-electron chi connectivity index (χ0n) is 21.7. The van der Waals surface area contributed by atoms with Gasteiger partial charge in [-0.1, -0.05) is 64.6 Å². The van der Waals surface area contributed by atoms with Gasteiger partial charge in [0.25, 0.3) is 0 Å². The first-order valence-corrected chi connectivity index (χ1v) is 13.8. The Hall–Kier alpha value is -1.32. The Bertz CT molecular complexity index is 786. The summed E-state index contributed by atoms with van der Waals surface area (Å²) in [5.41, 5.74) is 3.31. The van der Waals surface area contributed by atoms with Gasteiger partial charge in [0.1, 0.15) is 0 Å². The maximum absolute atomic E-state index is 10.7. The fourth-order valence-corrected chi connectivity index (χ4v) is 8.84. The smallest absolute Gasteiger partial charge is 0.344 e. The number of oxime groups is 1. The molecule has 4 heteroatoms. The highest BCUT2D eigenvalue weighted by molar-refractivity contribution is 5.96. The van der Waals surface area contributed by atoms with Crippen LogP contribution in [0, 0.1) is 46.3 Å². The number of aliphatic carboxylic acids is 1. The van der Waals surface area contributed by atoms with E-state index in [0.717, 1.165) is 54.1 Å². The Balaban J connectivity index is 1.45. The van der Waals surface area contributed by atoms with Crippen LogP contribution in [0.15, 0.2) is 16.8 Å². The molecule has 0 aliphatic heterocycles. The highest BCUT2D eigenvalue weighted by Crippen LogP contribution is 2.67. The molecule has 3 fully saturated rings. The van der Waals surface area contributed by atoms with Crippen LogP contribution in [0.1, 0.15) is 105 Å². The van der Waals surface area contributed by atoms with Crippen molar-refractivity contribution in [3.63, 3.8) is 0 Å². The molecule has 0 aromatic heterocycles. The monoisotopic (exact) mass is 457 g/mol. The minimum Gasteiger partial charge on any atom is -0.479 e. The molecule has 0 radical (unpaired) electrons. The third-order valence-electron chi connectivity index (χ3n) is 10.5. The van der Waals surface area contributed by atoms with Crippen molar-refractivity contribution in [1.29, 1.82) is 0 Å². The molecule has 0 amide bonds. The molecule has 1 N–H and O–H groups in total. The number of hydrogen-bond donors (Lipinski definition) is 1. The summed E-state index contributed by atoms with van der Waals surface area (Å²) in [6, 6.07) is 0. The first-order valence-electron chi connectivity index (χ1n) is 13.8. The number of carboxylic acid groups (broad SMARTS) is 1.